The van der Waals surface area contributed by atoms with E-state index in [1.807, 2.05) is 6.08 Å². The largest absolute Gasteiger partial charge is 0.0991 e. The Kier molecular flexibility index (Phi) is 4.01. The van der Waals surface area contributed by atoms with Gasteiger partial charge in [-0.05, 0) is 83.6 Å². The van der Waals surface area contributed by atoms with Crippen LogP contribution in [0.3, 0.4) is 0 Å². The lowest BCUT2D eigenvalue weighted by atomic mass is 9.98. The minimum Gasteiger partial charge on any atom is -0.0991 e. The van der Waals surface area contributed by atoms with Gasteiger partial charge in [-0.2, -0.15) is 0 Å². The zero-order valence-corrected chi connectivity index (χ0v) is 14.8. The van der Waals surface area contributed by atoms with Crippen LogP contribution in [0.4, 0.5) is 0 Å². The minimum atomic E-state index is 1.14. The highest BCUT2D eigenvalue weighted by molar-refractivity contribution is 9.11. The zero-order valence-electron chi connectivity index (χ0n) is 11.7. The molecule has 0 heterocycles. The molecular formula is C19H14Br2. The fraction of sp³-hybridized carbons (Fsp3) is 0.0526. The van der Waals surface area contributed by atoms with Crippen LogP contribution in [0.2, 0.25) is 0 Å². The van der Waals surface area contributed by atoms with Crippen LogP contribution < -0.4 is 0 Å². The number of fused-ring (bicyclic) bond motifs is 2. The molecule has 21 heavy (non-hydrogen) atoms. The third kappa shape index (κ3) is 2.47. The average Bonchev–Trinajstić information content (AvgIpc) is 2.51. The first-order valence-electron chi connectivity index (χ1n) is 6.72. The van der Waals surface area contributed by atoms with Gasteiger partial charge in [0, 0.05) is 8.95 Å². The smallest absolute Gasteiger partial charge is 0.0333 e. The van der Waals surface area contributed by atoms with Crippen molar-refractivity contribution in [1.82, 2.24) is 0 Å². The van der Waals surface area contributed by atoms with Crippen LogP contribution in [-0.4, -0.2) is 0 Å². The monoisotopic (exact) mass is 400 g/mol. The second-order valence-corrected chi connectivity index (χ2v) is 6.61. The number of aryl methyl sites for hydroxylation is 1. The topological polar surface area (TPSA) is 0 Å². The Morgan fingerprint density at radius 2 is 1.48 bits per heavy atom. The summed E-state index contributed by atoms with van der Waals surface area (Å²) < 4.78 is 2.29. The second-order valence-electron chi connectivity index (χ2n) is 5.02. The van der Waals surface area contributed by atoms with E-state index in [9.17, 15) is 0 Å². The van der Waals surface area contributed by atoms with Gasteiger partial charge in [-0.25, -0.2) is 0 Å². The average molecular weight is 402 g/mol. The van der Waals surface area contributed by atoms with Crippen molar-refractivity contribution in [1.29, 1.82) is 0 Å². The SMILES string of the molecule is C=C/C=C\c1cc2c(Br)c3ccccc3c(Br)c2cc1C. The maximum absolute atomic E-state index is 3.78. The molecule has 3 aromatic rings. The molecule has 0 aliphatic rings. The van der Waals surface area contributed by atoms with Crippen LogP contribution in [-0.2, 0) is 0 Å². The van der Waals surface area contributed by atoms with Crippen LogP contribution in [0.1, 0.15) is 11.1 Å². The van der Waals surface area contributed by atoms with E-state index in [0.29, 0.717) is 0 Å². The standard InChI is InChI=1S/C19H14Br2/c1-3-4-7-13-11-17-16(10-12(13)2)18(20)14-8-5-6-9-15(14)19(17)21/h3-11H,1H2,2H3/b7-4-. The Hall–Kier alpha value is -1.38. The van der Waals surface area contributed by atoms with E-state index in [0.717, 1.165) is 8.95 Å². The lowest BCUT2D eigenvalue weighted by molar-refractivity contribution is 1.47. The third-order valence-corrected chi connectivity index (χ3v) is 5.40. The molecule has 0 saturated carbocycles. The van der Waals surface area contributed by atoms with Gasteiger partial charge in [0.25, 0.3) is 0 Å². The first-order chi connectivity index (χ1) is 10.1. The summed E-state index contributed by atoms with van der Waals surface area (Å²) in [6.07, 6.45) is 5.87. The Balaban J connectivity index is 2.45. The molecular weight excluding hydrogens is 388 g/mol. The molecule has 0 aliphatic carbocycles. The van der Waals surface area contributed by atoms with Gasteiger partial charge in [-0.1, -0.05) is 49.1 Å². The summed E-state index contributed by atoms with van der Waals surface area (Å²) in [4.78, 5) is 0. The Morgan fingerprint density at radius 1 is 0.905 bits per heavy atom. The number of halogens is 2. The van der Waals surface area contributed by atoms with Crippen LogP contribution in [0.5, 0.6) is 0 Å². The van der Waals surface area contributed by atoms with Gasteiger partial charge in [-0.15, -0.1) is 0 Å². The van der Waals surface area contributed by atoms with Gasteiger partial charge in [0.15, 0.2) is 0 Å². The Bertz CT molecular complexity index is 889. The van der Waals surface area contributed by atoms with E-state index < -0.39 is 0 Å². The fourth-order valence-electron chi connectivity index (χ4n) is 2.60. The molecule has 104 valence electrons. The van der Waals surface area contributed by atoms with Crippen molar-refractivity contribution in [3.8, 4) is 0 Å². The molecule has 0 radical (unpaired) electrons. The summed E-state index contributed by atoms with van der Waals surface area (Å²) in [6.45, 7) is 5.87. The Morgan fingerprint density at radius 3 is 2.05 bits per heavy atom. The molecule has 0 saturated heterocycles. The highest BCUT2D eigenvalue weighted by Crippen LogP contribution is 2.40. The summed E-state index contributed by atoms with van der Waals surface area (Å²) in [6, 6.07) is 12.9. The van der Waals surface area contributed by atoms with Gasteiger partial charge in [0.05, 0.1) is 0 Å². The molecule has 3 rings (SSSR count). The number of rotatable bonds is 2. The minimum absolute atomic E-state index is 1.14. The molecule has 3 aromatic carbocycles. The van der Waals surface area contributed by atoms with Crippen molar-refractivity contribution in [2.75, 3.05) is 0 Å². The van der Waals surface area contributed by atoms with E-state index in [1.54, 1.807) is 6.08 Å². The van der Waals surface area contributed by atoms with Gasteiger partial charge in [0.2, 0.25) is 0 Å². The summed E-state index contributed by atoms with van der Waals surface area (Å²) in [5.41, 5.74) is 2.47. The van der Waals surface area contributed by atoms with Crippen molar-refractivity contribution < 1.29 is 0 Å². The summed E-state index contributed by atoms with van der Waals surface area (Å²) in [5.74, 6) is 0. The highest BCUT2D eigenvalue weighted by atomic mass is 79.9. The summed E-state index contributed by atoms with van der Waals surface area (Å²) in [7, 11) is 0. The Labute approximate surface area is 141 Å². The number of benzene rings is 3. The first-order valence-corrected chi connectivity index (χ1v) is 8.31. The lowest BCUT2D eigenvalue weighted by Gasteiger charge is -2.12. The quantitative estimate of drug-likeness (QED) is 0.319. The third-order valence-electron chi connectivity index (χ3n) is 3.69. The number of allylic oxidation sites excluding steroid dienone is 2. The maximum Gasteiger partial charge on any atom is 0.0333 e. The van der Waals surface area contributed by atoms with Gasteiger partial charge in [-0.3, -0.25) is 0 Å². The van der Waals surface area contributed by atoms with E-state index in [1.165, 1.54) is 32.7 Å². The molecule has 0 fully saturated rings. The second kappa shape index (κ2) is 5.78. The molecule has 2 heteroatoms. The normalized spacial score (nSPS) is 11.6. The van der Waals surface area contributed by atoms with Crippen LogP contribution in [0.15, 0.2) is 64.1 Å². The molecule has 0 aromatic heterocycles. The van der Waals surface area contributed by atoms with E-state index in [-0.39, 0.29) is 0 Å². The maximum atomic E-state index is 3.78. The molecule has 0 amide bonds. The van der Waals surface area contributed by atoms with Crippen LogP contribution >= 0.6 is 31.9 Å². The van der Waals surface area contributed by atoms with Crippen molar-refractivity contribution in [2.45, 2.75) is 6.92 Å². The summed E-state index contributed by atoms with van der Waals surface area (Å²) >= 11 is 7.55. The van der Waals surface area contributed by atoms with Gasteiger partial charge >= 0.3 is 0 Å². The lowest BCUT2D eigenvalue weighted by Crippen LogP contribution is -1.87. The molecule has 0 aliphatic heterocycles. The number of hydrogen-bond acceptors (Lipinski definition) is 0. The predicted octanol–water partition coefficient (Wildman–Crippen LogP) is 7.03. The van der Waals surface area contributed by atoms with Crippen molar-refractivity contribution in [3.63, 3.8) is 0 Å². The summed E-state index contributed by atoms with van der Waals surface area (Å²) in [5, 5.41) is 4.90. The van der Waals surface area contributed by atoms with Gasteiger partial charge in [0.1, 0.15) is 0 Å². The highest BCUT2D eigenvalue weighted by Gasteiger charge is 2.11. The van der Waals surface area contributed by atoms with Crippen LogP contribution in [0, 0.1) is 6.92 Å². The zero-order chi connectivity index (χ0) is 15.0. The van der Waals surface area contributed by atoms with Gasteiger partial charge < -0.3 is 0 Å². The van der Waals surface area contributed by atoms with Crippen molar-refractivity contribution in [2.24, 2.45) is 0 Å². The van der Waals surface area contributed by atoms with E-state index >= 15 is 0 Å². The molecule has 0 bridgehead atoms. The van der Waals surface area contributed by atoms with Crippen molar-refractivity contribution >= 4 is 59.5 Å². The first kappa shape index (κ1) is 14.6. The predicted molar refractivity (Wildman–Crippen MR) is 101 cm³/mol. The molecule has 0 N–H and O–H groups in total. The van der Waals surface area contributed by atoms with E-state index in [4.69, 9.17) is 0 Å². The molecule has 0 atom stereocenters. The molecule has 0 spiro atoms. The fourth-order valence-corrected chi connectivity index (χ4v) is 3.94. The van der Waals surface area contributed by atoms with Crippen LogP contribution in [0.25, 0.3) is 27.6 Å². The molecule has 0 unspecified atom stereocenters. The number of hydrogen-bond donors (Lipinski definition) is 0. The molecule has 0 nitrogen and oxygen atoms in total. The van der Waals surface area contributed by atoms with E-state index in [2.05, 4.69) is 87.8 Å². The van der Waals surface area contributed by atoms with Crippen molar-refractivity contribution in [3.05, 3.63) is 75.2 Å².